The molecule has 0 fully saturated rings. The minimum atomic E-state index is -0.650. The number of benzene rings is 1. The molecule has 0 unspecified atom stereocenters. The minimum Gasteiger partial charge on any atom is -0.497 e. The van der Waals surface area contributed by atoms with Crippen LogP contribution in [0.4, 0.5) is 4.39 Å². The molecule has 0 bridgehead atoms. The van der Waals surface area contributed by atoms with Crippen LogP contribution in [0.3, 0.4) is 0 Å². The number of nitrogens with zero attached hydrogens (tertiary/aromatic N) is 2. The quantitative estimate of drug-likeness (QED) is 0.765. The fraction of sp³-hybridized carbons (Fsp3) is 0.167. The van der Waals surface area contributed by atoms with Gasteiger partial charge in [-0.1, -0.05) is 0 Å². The van der Waals surface area contributed by atoms with E-state index in [1.807, 2.05) is 0 Å². The molecule has 17 heavy (non-hydrogen) atoms. The molecule has 1 aromatic carbocycles. The highest BCUT2D eigenvalue weighted by Gasteiger charge is 2.14. The third-order valence-corrected chi connectivity index (χ3v) is 2.41. The molecule has 1 aromatic heterocycles. The van der Waals surface area contributed by atoms with Gasteiger partial charge in [-0.3, -0.25) is 4.79 Å². The van der Waals surface area contributed by atoms with Crippen LogP contribution in [0.25, 0.3) is 5.69 Å². The second-order valence-electron chi connectivity index (χ2n) is 3.52. The predicted molar refractivity (Wildman–Crippen MR) is 60.1 cm³/mol. The third kappa shape index (κ3) is 2.04. The van der Waals surface area contributed by atoms with Gasteiger partial charge < -0.3 is 4.74 Å². The number of rotatable bonds is 3. The first-order chi connectivity index (χ1) is 8.13. The van der Waals surface area contributed by atoms with Gasteiger partial charge in [0.25, 0.3) is 0 Å². The van der Waals surface area contributed by atoms with E-state index < -0.39 is 5.95 Å². The Morgan fingerprint density at radius 1 is 1.35 bits per heavy atom. The van der Waals surface area contributed by atoms with E-state index in [4.69, 9.17) is 4.74 Å². The van der Waals surface area contributed by atoms with Gasteiger partial charge in [-0.15, -0.1) is 0 Å². The lowest BCUT2D eigenvalue weighted by atomic mass is 10.2. The first-order valence-corrected chi connectivity index (χ1v) is 5.02. The van der Waals surface area contributed by atoms with Gasteiger partial charge in [0.15, 0.2) is 5.78 Å². The van der Waals surface area contributed by atoms with Crippen molar-refractivity contribution in [3.63, 3.8) is 0 Å². The van der Waals surface area contributed by atoms with Gasteiger partial charge in [-0.2, -0.15) is 9.49 Å². The second-order valence-corrected chi connectivity index (χ2v) is 3.52. The first-order valence-electron chi connectivity index (χ1n) is 5.02. The summed E-state index contributed by atoms with van der Waals surface area (Å²) in [5, 5.41) is 3.84. The van der Waals surface area contributed by atoms with E-state index in [2.05, 4.69) is 5.10 Å². The monoisotopic (exact) mass is 234 g/mol. The number of hydrogen-bond donors (Lipinski definition) is 0. The van der Waals surface area contributed by atoms with E-state index in [9.17, 15) is 9.18 Å². The average molecular weight is 234 g/mol. The summed E-state index contributed by atoms with van der Waals surface area (Å²) in [4.78, 5) is 11.1. The Balaban J connectivity index is 2.42. The van der Waals surface area contributed by atoms with E-state index in [1.165, 1.54) is 13.1 Å². The summed E-state index contributed by atoms with van der Waals surface area (Å²) in [5.74, 6) is -0.321. The molecule has 0 saturated carbocycles. The molecule has 4 nitrogen and oxygen atoms in total. The Labute approximate surface area is 97.6 Å². The molecule has 5 heteroatoms. The zero-order chi connectivity index (χ0) is 12.4. The van der Waals surface area contributed by atoms with Crippen molar-refractivity contribution in [2.24, 2.45) is 0 Å². The number of Topliss-reactive ketones (excluding diaryl/α,β-unsaturated/α-hetero) is 1. The van der Waals surface area contributed by atoms with Gasteiger partial charge in [0.05, 0.1) is 24.6 Å². The van der Waals surface area contributed by atoms with Gasteiger partial charge >= 0.3 is 0 Å². The van der Waals surface area contributed by atoms with E-state index in [-0.39, 0.29) is 11.3 Å². The Morgan fingerprint density at radius 3 is 2.47 bits per heavy atom. The van der Waals surface area contributed by atoms with Crippen LogP contribution in [0.15, 0.2) is 30.5 Å². The van der Waals surface area contributed by atoms with Crippen molar-refractivity contribution in [2.45, 2.75) is 6.92 Å². The maximum Gasteiger partial charge on any atom is 0.227 e. The molecule has 0 N–H and O–H groups in total. The van der Waals surface area contributed by atoms with Crippen molar-refractivity contribution in [2.75, 3.05) is 7.11 Å². The number of halogens is 1. The Bertz CT molecular complexity index is 546. The van der Waals surface area contributed by atoms with Crippen molar-refractivity contribution >= 4 is 5.78 Å². The summed E-state index contributed by atoms with van der Waals surface area (Å²) < 4.78 is 19.9. The molecule has 0 aliphatic carbocycles. The third-order valence-electron chi connectivity index (χ3n) is 2.41. The van der Waals surface area contributed by atoms with Crippen molar-refractivity contribution in [3.05, 3.63) is 42.0 Å². The number of ether oxygens (including phenoxy) is 1. The Morgan fingerprint density at radius 2 is 2.00 bits per heavy atom. The largest absolute Gasteiger partial charge is 0.497 e. The molecule has 1 heterocycles. The molecule has 0 radical (unpaired) electrons. The molecule has 0 atom stereocenters. The molecule has 2 aromatic rings. The highest BCUT2D eigenvalue weighted by atomic mass is 19.1. The van der Waals surface area contributed by atoms with Crippen LogP contribution < -0.4 is 4.74 Å². The van der Waals surface area contributed by atoms with E-state index >= 15 is 0 Å². The van der Waals surface area contributed by atoms with Crippen LogP contribution in [0.2, 0.25) is 0 Å². The Kier molecular flexibility index (Phi) is 2.91. The smallest absolute Gasteiger partial charge is 0.227 e. The maximum absolute atomic E-state index is 13.8. The summed E-state index contributed by atoms with van der Waals surface area (Å²) in [7, 11) is 1.55. The SMILES string of the molecule is COc1ccc(-n2ncc(C(C)=O)c2F)cc1. The average Bonchev–Trinajstić information content (AvgIpc) is 2.71. The normalized spacial score (nSPS) is 10.3. The molecular formula is C12H11FN2O2. The van der Waals surface area contributed by atoms with E-state index in [1.54, 1.807) is 31.4 Å². The van der Waals surface area contributed by atoms with E-state index in [0.29, 0.717) is 11.4 Å². The zero-order valence-electron chi connectivity index (χ0n) is 9.48. The molecule has 0 saturated heterocycles. The second kappa shape index (κ2) is 4.37. The van der Waals surface area contributed by atoms with Crippen LogP contribution in [0.5, 0.6) is 5.75 Å². The summed E-state index contributed by atoms with van der Waals surface area (Å²) >= 11 is 0. The molecule has 0 aliphatic rings. The van der Waals surface area contributed by atoms with Gasteiger partial charge in [0.2, 0.25) is 5.95 Å². The van der Waals surface area contributed by atoms with Crippen molar-refractivity contribution in [1.29, 1.82) is 0 Å². The van der Waals surface area contributed by atoms with Gasteiger partial charge in [-0.05, 0) is 31.2 Å². The van der Waals surface area contributed by atoms with Crippen LogP contribution in [0, 0.1) is 5.95 Å². The summed E-state index contributed by atoms with van der Waals surface area (Å²) in [6, 6.07) is 6.73. The first kappa shape index (κ1) is 11.3. The van der Waals surface area contributed by atoms with E-state index in [0.717, 1.165) is 4.68 Å². The molecule has 0 spiro atoms. The number of carbonyl (C=O) groups excluding carboxylic acids is 1. The standard InChI is InChI=1S/C12H11FN2O2/c1-8(16)11-7-14-15(12(11)13)9-3-5-10(17-2)6-4-9/h3-7H,1-2H3. The lowest BCUT2D eigenvalue weighted by Gasteiger charge is -2.04. The topological polar surface area (TPSA) is 44.1 Å². The molecular weight excluding hydrogens is 223 g/mol. The summed E-state index contributed by atoms with van der Waals surface area (Å²) in [5.41, 5.74) is 0.525. The van der Waals surface area contributed by atoms with Crippen LogP contribution in [0.1, 0.15) is 17.3 Å². The number of methoxy groups -OCH3 is 1. The maximum atomic E-state index is 13.8. The predicted octanol–water partition coefficient (Wildman–Crippen LogP) is 2.22. The number of carbonyl (C=O) groups is 1. The van der Waals surface area contributed by atoms with Crippen molar-refractivity contribution in [3.8, 4) is 11.4 Å². The number of ketones is 1. The van der Waals surface area contributed by atoms with Gasteiger partial charge in [-0.25, -0.2) is 4.68 Å². The van der Waals surface area contributed by atoms with Crippen molar-refractivity contribution < 1.29 is 13.9 Å². The number of hydrogen-bond acceptors (Lipinski definition) is 3. The lowest BCUT2D eigenvalue weighted by Crippen LogP contribution is -2.02. The fourth-order valence-corrected chi connectivity index (χ4v) is 1.47. The fourth-order valence-electron chi connectivity index (χ4n) is 1.47. The molecule has 0 aliphatic heterocycles. The lowest BCUT2D eigenvalue weighted by molar-refractivity contribution is 0.101. The summed E-state index contributed by atoms with van der Waals surface area (Å²) in [6.07, 6.45) is 1.22. The molecule has 88 valence electrons. The van der Waals surface area contributed by atoms with Crippen LogP contribution >= 0.6 is 0 Å². The minimum absolute atomic E-state index is 0.0131. The summed E-state index contributed by atoms with van der Waals surface area (Å²) in [6.45, 7) is 1.30. The van der Waals surface area contributed by atoms with Gasteiger partial charge in [0.1, 0.15) is 5.75 Å². The highest BCUT2D eigenvalue weighted by molar-refractivity contribution is 5.93. The zero-order valence-corrected chi connectivity index (χ0v) is 9.48. The Hall–Kier alpha value is -2.17. The van der Waals surface area contributed by atoms with Crippen LogP contribution in [-0.2, 0) is 0 Å². The highest BCUT2D eigenvalue weighted by Crippen LogP contribution is 2.17. The van der Waals surface area contributed by atoms with Crippen molar-refractivity contribution in [1.82, 2.24) is 9.78 Å². The number of aromatic nitrogens is 2. The van der Waals surface area contributed by atoms with Crippen LogP contribution in [-0.4, -0.2) is 22.7 Å². The van der Waals surface area contributed by atoms with Gasteiger partial charge in [0, 0.05) is 0 Å². The molecule has 2 rings (SSSR count). The molecule has 0 amide bonds.